The molecule has 9 heteroatoms. The second-order valence-electron chi connectivity index (χ2n) is 6.00. The molecule has 2 amide bonds. The lowest BCUT2D eigenvalue weighted by Crippen LogP contribution is -2.53. The van der Waals surface area contributed by atoms with Crippen LogP contribution < -0.4 is 5.32 Å². The zero-order valence-electron chi connectivity index (χ0n) is 14.8. The number of carbonyl (C=O) groups excluding carboxylic acids is 2. The van der Waals surface area contributed by atoms with Crippen LogP contribution in [0.3, 0.4) is 0 Å². The van der Waals surface area contributed by atoms with Crippen molar-refractivity contribution in [2.24, 2.45) is 7.05 Å². The minimum atomic E-state index is -0.904. The minimum absolute atomic E-state index is 0.157. The number of rotatable bonds is 4. The summed E-state index contributed by atoms with van der Waals surface area (Å²) in [5.41, 5.74) is 1.06. The van der Waals surface area contributed by atoms with Crippen molar-refractivity contribution in [3.63, 3.8) is 0 Å². The molecule has 0 aromatic carbocycles. The number of ether oxygens (including phenoxy) is 1. The van der Waals surface area contributed by atoms with E-state index >= 15 is 0 Å². The molecule has 2 aromatic heterocycles. The van der Waals surface area contributed by atoms with Gasteiger partial charge in [-0.05, 0) is 19.9 Å². The molecule has 0 bridgehead atoms. The van der Waals surface area contributed by atoms with Crippen molar-refractivity contribution in [1.29, 1.82) is 0 Å². The SMILES string of the molecule is CCN1C(=O)CO[C@H](C(=O)Nc2ccnc(C)c2Cl)[C@H]1c1nccn1C. The Morgan fingerprint density at radius 3 is 2.85 bits per heavy atom. The molecular formula is C17H20ClN5O3. The lowest BCUT2D eigenvalue weighted by Gasteiger charge is -2.39. The number of likely N-dealkylation sites (N-methyl/N-ethyl adjacent to an activating group) is 1. The second kappa shape index (κ2) is 7.43. The highest BCUT2D eigenvalue weighted by Crippen LogP contribution is 2.31. The number of amides is 2. The lowest BCUT2D eigenvalue weighted by molar-refractivity contribution is -0.162. The predicted molar refractivity (Wildman–Crippen MR) is 95.7 cm³/mol. The average molecular weight is 378 g/mol. The Kier molecular flexibility index (Phi) is 5.24. The first-order chi connectivity index (χ1) is 12.4. The van der Waals surface area contributed by atoms with Crippen LogP contribution in [0.1, 0.15) is 24.5 Å². The molecule has 3 rings (SSSR count). The average Bonchev–Trinajstić information content (AvgIpc) is 3.04. The highest BCUT2D eigenvalue weighted by molar-refractivity contribution is 6.34. The fraction of sp³-hybridized carbons (Fsp3) is 0.412. The molecule has 0 radical (unpaired) electrons. The number of aromatic nitrogens is 3. The summed E-state index contributed by atoms with van der Waals surface area (Å²) in [6, 6.07) is 0.997. The van der Waals surface area contributed by atoms with Gasteiger partial charge in [0.25, 0.3) is 5.91 Å². The third-order valence-corrected chi connectivity index (χ3v) is 4.85. The number of hydrogen-bond donors (Lipinski definition) is 1. The summed E-state index contributed by atoms with van der Waals surface area (Å²) in [7, 11) is 1.81. The van der Waals surface area contributed by atoms with E-state index in [9.17, 15) is 9.59 Å². The Labute approximate surface area is 156 Å². The van der Waals surface area contributed by atoms with Crippen molar-refractivity contribution >= 4 is 29.1 Å². The predicted octanol–water partition coefficient (Wildman–Crippen LogP) is 1.70. The summed E-state index contributed by atoms with van der Waals surface area (Å²) < 4.78 is 7.38. The number of anilines is 1. The number of halogens is 1. The van der Waals surface area contributed by atoms with Crippen molar-refractivity contribution in [2.75, 3.05) is 18.5 Å². The van der Waals surface area contributed by atoms with E-state index in [2.05, 4.69) is 15.3 Å². The van der Waals surface area contributed by atoms with E-state index in [1.807, 2.05) is 14.0 Å². The van der Waals surface area contributed by atoms with Gasteiger partial charge >= 0.3 is 0 Å². The number of pyridine rings is 1. The fourth-order valence-electron chi connectivity index (χ4n) is 3.03. The number of morpholine rings is 1. The molecule has 2 atom stereocenters. The van der Waals surface area contributed by atoms with Crippen LogP contribution in [0, 0.1) is 6.92 Å². The van der Waals surface area contributed by atoms with Gasteiger partial charge in [-0.25, -0.2) is 4.98 Å². The molecule has 1 aliphatic heterocycles. The van der Waals surface area contributed by atoms with Gasteiger partial charge in [-0.15, -0.1) is 0 Å². The quantitative estimate of drug-likeness (QED) is 0.876. The van der Waals surface area contributed by atoms with Gasteiger partial charge in [-0.2, -0.15) is 0 Å². The van der Waals surface area contributed by atoms with Crippen LogP contribution in [0.4, 0.5) is 5.69 Å². The first-order valence-electron chi connectivity index (χ1n) is 8.24. The number of hydrogen-bond acceptors (Lipinski definition) is 5. The zero-order valence-corrected chi connectivity index (χ0v) is 15.5. The van der Waals surface area contributed by atoms with Crippen molar-refractivity contribution in [3.8, 4) is 0 Å². The summed E-state index contributed by atoms with van der Waals surface area (Å²) in [6.07, 6.45) is 4.05. The molecule has 26 heavy (non-hydrogen) atoms. The van der Waals surface area contributed by atoms with Crippen molar-refractivity contribution in [3.05, 3.63) is 41.2 Å². The molecule has 0 spiro atoms. The molecule has 3 heterocycles. The molecule has 0 aliphatic carbocycles. The van der Waals surface area contributed by atoms with Crippen LogP contribution in [0.2, 0.25) is 5.02 Å². The van der Waals surface area contributed by atoms with E-state index in [1.165, 1.54) is 0 Å². The normalized spacial score (nSPS) is 20.3. The van der Waals surface area contributed by atoms with Gasteiger partial charge in [0.15, 0.2) is 6.10 Å². The first kappa shape index (κ1) is 18.3. The van der Waals surface area contributed by atoms with Crippen LogP contribution in [0.15, 0.2) is 24.7 Å². The van der Waals surface area contributed by atoms with Crippen LogP contribution in [0.25, 0.3) is 0 Å². The topological polar surface area (TPSA) is 89.3 Å². The number of carbonyl (C=O) groups is 2. The smallest absolute Gasteiger partial charge is 0.256 e. The van der Waals surface area contributed by atoms with Gasteiger partial charge in [0.05, 0.1) is 16.4 Å². The molecule has 0 saturated carbocycles. The second-order valence-corrected chi connectivity index (χ2v) is 6.38. The monoisotopic (exact) mass is 377 g/mol. The van der Waals surface area contributed by atoms with Crippen molar-refractivity contribution < 1.29 is 14.3 Å². The maximum Gasteiger partial charge on any atom is 0.256 e. The highest BCUT2D eigenvalue weighted by atomic mass is 35.5. The zero-order chi connectivity index (χ0) is 18.8. The van der Waals surface area contributed by atoms with E-state index in [0.717, 1.165) is 0 Å². The molecule has 1 N–H and O–H groups in total. The van der Waals surface area contributed by atoms with Gasteiger partial charge in [0.1, 0.15) is 18.5 Å². The molecular weight excluding hydrogens is 358 g/mol. The maximum absolute atomic E-state index is 12.9. The van der Waals surface area contributed by atoms with Crippen molar-refractivity contribution in [2.45, 2.75) is 26.0 Å². The fourth-order valence-corrected chi connectivity index (χ4v) is 3.19. The van der Waals surface area contributed by atoms with Crippen LogP contribution in [0.5, 0.6) is 0 Å². The number of nitrogens with zero attached hydrogens (tertiary/aromatic N) is 4. The summed E-state index contributed by atoms with van der Waals surface area (Å²) in [4.78, 5) is 35.2. The third-order valence-electron chi connectivity index (χ3n) is 4.37. The minimum Gasteiger partial charge on any atom is -0.356 e. The summed E-state index contributed by atoms with van der Waals surface area (Å²) in [6.45, 7) is 3.90. The summed E-state index contributed by atoms with van der Waals surface area (Å²) >= 11 is 6.22. The van der Waals surface area contributed by atoms with Gasteiger partial charge in [0.2, 0.25) is 5.91 Å². The Hall–Kier alpha value is -2.45. The maximum atomic E-state index is 12.9. The largest absolute Gasteiger partial charge is 0.356 e. The van der Waals surface area contributed by atoms with Crippen LogP contribution in [-0.4, -0.2) is 50.5 Å². The standard InChI is InChI=1S/C17H20ClN5O3/c1-4-23-12(24)9-26-15(14(23)16-20-7-8-22(16)3)17(25)21-11-5-6-19-10(2)13(11)18/h5-8,14-15H,4,9H2,1-3H3,(H,19,21,25)/t14-,15-/m0/s1. The van der Waals surface area contributed by atoms with Gasteiger partial charge < -0.3 is 19.5 Å². The van der Waals surface area contributed by atoms with E-state index in [0.29, 0.717) is 28.8 Å². The molecule has 8 nitrogen and oxygen atoms in total. The Balaban J connectivity index is 1.93. The van der Waals surface area contributed by atoms with Crippen LogP contribution >= 0.6 is 11.6 Å². The Morgan fingerprint density at radius 1 is 1.42 bits per heavy atom. The van der Waals surface area contributed by atoms with E-state index in [-0.39, 0.29) is 12.5 Å². The van der Waals surface area contributed by atoms with Crippen molar-refractivity contribution in [1.82, 2.24) is 19.4 Å². The molecule has 138 valence electrons. The number of aryl methyl sites for hydroxylation is 2. The first-order valence-corrected chi connectivity index (χ1v) is 8.62. The Morgan fingerprint density at radius 2 is 2.19 bits per heavy atom. The van der Waals surface area contributed by atoms with E-state index < -0.39 is 18.1 Å². The lowest BCUT2D eigenvalue weighted by atomic mass is 10.0. The molecule has 1 fully saturated rings. The summed E-state index contributed by atoms with van der Waals surface area (Å²) in [5.74, 6) is 0.0100. The molecule has 1 aliphatic rings. The van der Waals surface area contributed by atoms with Gasteiger partial charge in [-0.1, -0.05) is 11.6 Å². The molecule has 1 saturated heterocycles. The van der Waals surface area contributed by atoms with E-state index in [1.54, 1.807) is 41.0 Å². The molecule has 0 unspecified atom stereocenters. The van der Waals surface area contributed by atoms with Crippen LogP contribution in [-0.2, 0) is 21.4 Å². The summed E-state index contributed by atoms with van der Waals surface area (Å²) in [5, 5.41) is 3.15. The highest BCUT2D eigenvalue weighted by Gasteiger charge is 2.43. The number of nitrogens with one attached hydrogen (secondary N) is 1. The van der Waals surface area contributed by atoms with E-state index in [4.69, 9.17) is 16.3 Å². The van der Waals surface area contributed by atoms with Gasteiger partial charge in [-0.3, -0.25) is 14.6 Å². The van der Waals surface area contributed by atoms with Gasteiger partial charge in [0, 0.05) is 32.2 Å². The third kappa shape index (κ3) is 3.30. The Bertz CT molecular complexity index is 838. The molecule has 2 aromatic rings. The number of imidazole rings is 1.